The summed E-state index contributed by atoms with van der Waals surface area (Å²) in [6, 6.07) is 11.2. The summed E-state index contributed by atoms with van der Waals surface area (Å²) in [4.78, 5) is 16.1. The molecule has 3 rings (SSSR count). The Morgan fingerprint density at radius 2 is 1.91 bits per heavy atom. The summed E-state index contributed by atoms with van der Waals surface area (Å²) in [7, 11) is 1.71. The van der Waals surface area contributed by atoms with Crippen LogP contribution in [-0.4, -0.2) is 20.7 Å². The Hall–Kier alpha value is -3.02. The molecule has 0 aliphatic rings. The molecule has 1 amide bonds. The van der Waals surface area contributed by atoms with Gasteiger partial charge in [-0.05, 0) is 24.3 Å². The van der Waals surface area contributed by atoms with Crippen LogP contribution in [0.25, 0.3) is 11.3 Å². The Morgan fingerprint density at radius 1 is 1.18 bits per heavy atom. The average molecular weight is 296 g/mol. The number of nitrogens with zero attached hydrogens (tertiary/aromatic N) is 3. The smallest absolute Gasteiger partial charge is 0.259 e. The second-order valence-electron chi connectivity index (χ2n) is 4.71. The average Bonchev–Trinajstić information content (AvgIpc) is 2.89. The Labute approximate surface area is 126 Å². The molecular formula is C16H13FN4O. The first-order valence-electron chi connectivity index (χ1n) is 6.65. The van der Waals surface area contributed by atoms with Crippen molar-refractivity contribution >= 4 is 11.7 Å². The summed E-state index contributed by atoms with van der Waals surface area (Å²) in [5, 5.41) is 6.99. The summed E-state index contributed by atoms with van der Waals surface area (Å²) >= 11 is 0. The lowest BCUT2D eigenvalue weighted by Gasteiger charge is -2.05. The van der Waals surface area contributed by atoms with Crippen LogP contribution < -0.4 is 5.32 Å². The van der Waals surface area contributed by atoms with E-state index < -0.39 is 11.7 Å². The number of aryl methyl sites for hydroxylation is 1. The molecule has 0 saturated carbocycles. The van der Waals surface area contributed by atoms with E-state index in [-0.39, 0.29) is 5.56 Å². The zero-order valence-electron chi connectivity index (χ0n) is 11.8. The van der Waals surface area contributed by atoms with Crippen molar-refractivity contribution in [2.24, 2.45) is 7.05 Å². The van der Waals surface area contributed by atoms with Gasteiger partial charge in [-0.1, -0.05) is 12.1 Å². The van der Waals surface area contributed by atoms with E-state index in [4.69, 9.17) is 0 Å². The van der Waals surface area contributed by atoms with Crippen LogP contribution in [-0.2, 0) is 7.05 Å². The molecule has 0 spiro atoms. The highest BCUT2D eigenvalue weighted by molar-refractivity contribution is 6.04. The van der Waals surface area contributed by atoms with Gasteiger partial charge >= 0.3 is 0 Å². The van der Waals surface area contributed by atoms with E-state index in [1.807, 2.05) is 12.1 Å². The van der Waals surface area contributed by atoms with Crippen molar-refractivity contribution in [1.29, 1.82) is 0 Å². The monoisotopic (exact) mass is 296 g/mol. The zero-order valence-corrected chi connectivity index (χ0v) is 11.8. The van der Waals surface area contributed by atoms with Crippen LogP contribution in [0, 0.1) is 5.82 Å². The molecule has 0 fully saturated rings. The van der Waals surface area contributed by atoms with Crippen LogP contribution in [0.1, 0.15) is 10.4 Å². The van der Waals surface area contributed by atoms with Crippen molar-refractivity contribution in [3.63, 3.8) is 0 Å². The lowest BCUT2D eigenvalue weighted by molar-refractivity contribution is 0.102. The van der Waals surface area contributed by atoms with E-state index in [2.05, 4.69) is 15.4 Å². The molecular weight excluding hydrogens is 283 g/mol. The minimum atomic E-state index is -0.559. The normalized spacial score (nSPS) is 10.5. The van der Waals surface area contributed by atoms with Gasteiger partial charge in [0.15, 0.2) is 0 Å². The van der Waals surface area contributed by atoms with Crippen molar-refractivity contribution < 1.29 is 9.18 Å². The van der Waals surface area contributed by atoms with Gasteiger partial charge in [-0.25, -0.2) is 4.39 Å². The fourth-order valence-corrected chi connectivity index (χ4v) is 2.08. The summed E-state index contributed by atoms with van der Waals surface area (Å²) in [6.07, 6.45) is 3.34. The largest absolute Gasteiger partial charge is 0.307 e. The molecule has 5 nitrogen and oxygen atoms in total. The number of hydrogen-bond donors (Lipinski definition) is 1. The van der Waals surface area contributed by atoms with Crippen molar-refractivity contribution in [3.8, 4) is 11.3 Å². The number of benzene rings is 1. The van der Waals surface area contributed by atoms with Crippen molar-refractivity contribution in [3.05, 3.63) is 66.2 Å². The molecule has 3 aromatic rings. The third-order valence-corrected chi connectivity index (χ3v) is 3.22. The number of aromatic nitrogens is 3. The number of hydrogen-bond acceptors (Lipinski definition) is 3. The second kappa shape index (κ2) is 5.77. The van der Waals surface area contributed by atoms with Gasteiger partial charge < -0.3 is 5.32 Å². The van der Waals surface area contributed by atoms with Crippen LogP contribution >= 0.6 is 0 Å². The van der Waals surface area contributed by atoms with Crippen molar-refractivity contribution in [1.82, 2.24) is 14.8 Å². The number of rotatable bonds is 3. The predicted molar refractivity (Wildman–Crippen MR) is 80.8 cm³/mol. The molecule has 6 heteroatoms. The topological polar surface area (TPSA) is 59.8 Å². The Bertz CT molecular complexity index is 814. The SMILES string of the molecule is Cn1nc(-c2ccncc2)cc1NC(=O)c1ccccc1F. The van der Waals surface area contributed by atoms with Gasteiger partial charge in [-0.3, -0.25) is 14.5 Å². The minimum Gasteiger partial charge on any atom is -0.307 e. The van der Waals surface area contributed by atoms with Crippen LogP contribution in [0.15, 0.2) is 54.9 Å². The van der Waals surface area contributed by atoms with Gasteiger partial charge in [0.25, 0.3) is 5.91 Å². The van der Waals surface area contributed by atoms with Crippen molar-refractivity contribution in [2.75, 3.05) is 5.32 Å². The number of anilines is 1. The van der Waals surface area contributed by atoms with E-state index >= 15 is 0 Å². The molecule has 0 bridgehead atoms. The highest BCUT2D eigenvalue weighted by Crippen LogP contribution is 2.21. The molecule has 0 aliphatic heterocycles. The maximum absolute atomic E-state index is 13.6. The van der Waals surface area contributed by atoms with Gasteiger partial charge in [0, 0.05) is 31.1 Å². The number of amides is 1. The maximum atomic E-state index is 13.6. The fraction of sp³-hybridized carbons (Fsp3) is 0.0625. The second-order valence-corrected chi connectivity index (χ2v) is 4.71. The van der Waals surface area contributed by atoms with E-state index in [1.54, 1.807) is 31.6 Å². The lowest BCUT2D eigenvalue weighted by atomic mass is 10.2. The van der Waals surface area contributed by atoms with Gasteiger partial charge in [0.2, 0.25) is 0 Å². The van der Waals surface area contributed by atoms with Crippen LogP contribution in [0.5, 0.6) is 0 Å². The Morgan fingerprint density at radius 3 is 2.64 bits per heavy atom. The lowest BCUT2D eigenvalue weighted by Crippen LogP contribution is -2.15. The molecule has 0 aliphatic carbocycles. The van der Waals surface area contributed by atoms with Gasteiger partial charge in [0.1, 0.15) is 11.6 Å². The number of halogens is 1. The van der Waals surface area contributed by atoms with Gasteiger partial charge in [0.05, 0.1) is 11.3 Å². The predicted octanol–water partition coefficient (Wildman–Crippen LogP) is 2.87. The van der Waals surface area contributed by atoms with Crippen LogP contribution in [0.3, 0.4) is 0 Å². The molecule has 1 aromatic carbocycles. The number of carbonyl (C=O) groups is 1. The van der Waals surface area contributed by atoms with Crippen LogP contribution in [0.2, 0.25) is 0 Å². The Balaban J connectivity index is 1.86. The first-order chi connectivity index (χ1) is 10.6. The van der Waals surface area contributed by atoms with E-state index in [9.17, 15) is 9.18 Å². The zero-order chi connectivity index (χ0) is 15.5. The molecule has 0 saturated heterocycles. The Kier molecular flexibility index (Phi) is 3.65. The molecule has 0 unspecified atom stereocenters. The standard InChI is InChI=1S/C16H13FN4O/c1-21-15(10-14(20-21)11-6-8-18-9-7-11)19-16(22)12-4-2-3-5-13(12)17/h2-10H,1H3,(H,19,22). The summed E-state index contributed by atoms with van der Waals surface area (Å²) in [5.41, 5.74) is 1.58. The van der Waals surface area contributed by atoms with Gasteiger partial charge in [-0.15, -0.1) is 0 Å². The van der Waals surface area contributed by atoms with Crippen molar-refractivity contribution in [2.45, 2.75) is 0 Å². The number of pyridine rings is 1. The van der Waals surface area contributed by atoms with Gasteiger partial charge in [-0.2, -0.15) is 5.10 Å². The summed E-state index contributed by atoms with van der Waals surface area (Å²) < 4.78 is 15.2. The van der Waals surface area contributed by atoms with E-state index in [0.29, 0.717) is 11.5 Å². The molecule has 1 N–H and O–H groups in total. The highest BCUT2D eigenvalue weighted by atomic mass is 19.1. The summed E-state index contributed by atoms with van der Waals surface area (Å²) in [5.74, 6) is -0.584. The van der Waals surface area contributed by atoms with E-state index in [0.717, 1.165) is 5.56 Å². The molecule has 110 valence electrons. The summed E-state index contributed by atoms with van der Waals surface area (Å²) in [6.45, 7) is 0. The number of carbonyl (C=O) groups excluding carboxylic acids is 1. The third-order valence-electron chi connectivity index (χ3n) is 3.22. The quantitative estimate of drug-likeness (QED) is 0.808. The minimum absolute atomic E-state index is 0.00541. The molecule has 2 aromatic heterocycles. The molecule has 2 heterocycles. The third kappa shape index (κ3) is 2.71. The number of nitrogens with one attached hydrogen (secondary N) is 1. The molecule has 0 radical (unpaired) electrons. The molecule has 22 heavy (non-hydrogen) atoms. The maximum Gasteiger partial charge on any atom is 0.259 e. The highest BCUT2D eigenvalue weighted by Gasteiger charge is 2.14. The van der Waals surface area contributed by atoms with E-state index in [1.165, 1.54) is 22.9 Å². The van der Waals surface area contributed by atoms with Crippen LogP contribution in [0.4, 0.5) is 10.2 Å². The first kappa shape index (κ1) is 13.9. The fourth-order valence-electron chi connectivity index (χ4n) is 2.08. The molecule has 0 atom stereocenters. The first-order valence-corrected chi connectivity index (χ1v) is 6.65.